The summed E-state index contributed by atoms with van der Waals surface area (Å²) in [6.45, 7) is 5.16. The molecule has 2 N–H and O–H groups in total. The molecule has 0 saturated heterocycles. The molecule has 2 aromatic rings. The Morgan fingerprint density at radius 2 is 1.67 bits per heavy atom. The van der Waals surface area contributed by atoms with Gasteiger partial charge >= 0.3 is 0 Å². The largest absolute Gasteiger partial charge is 0.279 e. The molecule has 24 heavy (non-hydrogen) atoms. The molecule has 0 aliphatic carbocycles. The number of anilines is 1. The summed E-state index contributed by atoms with van der Waals surface area (Å²) >= 11 is 6.67. The maximum Gasteiger partial charge on any atom is 0.271 e. The summed E-state index contributed by atoms with van der Waals surface area (Å²) in [5, 5.41) is 0. The lowest BCUT2D eigenvalue weighted by Crippen LogP contribution is -2.40. The summed E-state index contributed by atoms with van der Waals surface area (Å²) in [4.78, 5) is -0.0261. The Labute approximate surface area is 151 Å². The molecule has 1 aromatic heterocycles. The summed E-state index contributed by atoms with van der Waals surface area (Å²) in [6.07, 6.45) is 0. The van der Waals surface area contributed by atoms with E-state index in [0.29, 0.717) is 4.34 Å². The van der Waals surface area contributed by atoms with Crippen molar-refractivity contribution in [3.05, 3.63) is 40.7 Å². The molecule has 0 amide bonds. The van der Waals surface area contributed by atoms with Crippen molar-refractivity contribution in [2.45, 2.75) is 35.4 Å². The van der Waals surface area contributed by atoms with Gasteiger partial charge in [0.25, 0.3) is 10.0 Å². The van der Waals surface area contributed by atoms with Crippen LogP contribution in [0.25, 0.3) is 0 Å². The first kappa shape index (κ1) is 19.2. The number of halogens is 1. The lowest BCUT2D eigenvalue weighted by Gasteiger charge is -2.20. The standard InChI is InChI=1S/C14H17ClN2O4S3/c1-14(2,3)17-23(18,19)11-6-4-5-10(9-11)16-24(20,21)13-8-7-12(15)22-13/h4-9,16-17H,1-3H3. The summed E-state index contributed by atoms with van der Waals surface area (Å²) in [5.74, 6) is 0. The highest BCUT2D eigenvalue weighted by atomic mass is 35.5. The molecule has 0 radical (unpaired) electrons. The van der Waals surface area contributed by atoms with Gasteiger partial charge in [0.1, 0.15) is 4.21 Å². The van der Waals surface area contributed by atoms with E-state index in [1.165, 1.54) is 36.4 Å². The van der Waals surface area contributed by atoms with Crippen LogP contribution in [0.1, 0.15) is 20.8 Å². The zero-order chi connectivity index (χ0) is 18.2. The van der Waals surface area contributed by atoms with Gasteiger partial charge in [0.2, 0.25) is 10.0 Å². The van der Waals surface area contributed by atoms with Gasteiger partial charge in [0, 0.05) is 5.54 Å². The van der Waals surface area contributed by atoms with Crippen LogP contribution < -0.4 is 9.44 Å². The first-order valence-electron chi connectivity index (χ1n) is 6.81. The van der Waals surface area contributed by atoms with Crippen molar-refractivity contribution >= 4 is 48.7 Å². The molecule has 1 heterocycles. The van der Waals surface area contributed by atoms with E-state index in [-0.39, 0.29) is 14.8 Å². The number of hydrogen-bond donors (Lipinski definition) is 2. The maximum absolute atomic E-state index is 12.3. The average Bonchev–Trinajstić information content (AvgIpc) is 2.83. The molecule has 1 aromatic carbocycles. The number of sulfonamides is 2. The van der Waals surface area contributed by atoms with Crippen molar-refractivity contribution in [2.75, 3.05) is 4.72 Å². The second-order valence-corrected chi connectivity index (χ2v) is 11.4. The van der Waals surface area contributed by atoms with Gasteiger partial charge in [-0.25, -0.2) is 21.6 Å². The van der Waals surface area contributed by atoms with E-state index in [0.717, 1.165) is 11.3 Å². The van der Waals surface area contributed by atoms with Gasteiger partial charge < -0.3 is 0 Å². The van der Waals surface area contributed by atoms with Crippen molar-refractivity contribution in [2.24, 2.45) is 0 Å². The molecule has 0 fully saturated rings. The van der Waals surface area contributed by atoms with Crippen LogP contribution in [0.5, 0.6) is 0 Å². The summed E-state index contributed by atoms with van der Waals surface area (Å²) in [5.41, 5.74) is -0.501. The topological polar surface area (TPSA) is 92.3 Å². The van der Waals surface area contributed by atoms with E-state index in [2.05, 4.69) is 9.44 Å². The predicted octanol–water partition coefficient (Wildman–Crippen LogP) is 3.28. The fourth-order valence-electron chi connectivity index (χ4n) is 1.84. The SMILES string of the molecule is CC(C)(C)NS(=O)(=O)c1cccc(NS(=O)(=O)c2ccc(Cl)s2)c1. The highest BCUT2D eigenvalue weighted by molar-refractivity contribution is 7.94. The van der Waals surface area contributed by atoms with E-state index < -0.39 is 25.6 Å². The molecule has 0 atom stereocenters. The summed E-state index contributed by atoms with van der Waals surface area (Å²) in [6, 6.07) is 8.47. The highest BCUT2D eigenvalue weighted by Gasteiger charge is 2.23. The molecular formula is C14H17ClN2O4S3. The van der Waals surface area contributed by atoms with Gasteiger partial charge in [-0.1, -0.05) is 17.7 Å². The number of hydrogen-bond acceptors (Lipinski definition) is 5. The number of thiophene rings is 1. The monoisotopic (exact) mass is 408 g/mol. The van der Waals surface area contributed by atoms with Crippen molar-refractivity contribution in [1.29, 1.82) is 0 Å². The molecule has 10 heteroatoms. The molecule has 0 bridgehead atoms. The van der Waals surface area contributed by atoms with Gasteiger partial charge in [-0.3, -0.25) is 4.72 Å². The van der Waals surface area contributed by atoms with Crippen LogP contribution in [0.3, 0.4) is 0 Å². The Hall–Kier alpha value is -1.13. The van der Waals surface area contributed by atoms with Crippen LogP contribution >= 0.6 is 22.9 Å². The molecule has 0 spiro atoms. The van der Waals surface area contributed by atoms with E-state index in [1.54, 1.807) is 20.8 Å². The second-order valence-electron chi connectivity index (χ2n) is 6.05. The average molecular weight is 409 g/mol. The minimum atomic E-state index is -3.82. The summed E-state index contributed by atoms with van der Waals surface area (Å²) in [7, 11) is -7.58. The fraction of sp³-hybridized carbons (Fsp3) is 0.286. The molecule has 6 nitrogen and oxygen atoms in total. The Bertz CT molecular complexity index is 944. The van der Waals surface area contributed by atoms with Gasteiger partial charge in [-0.2, -0.15) is 0 Å². The molecular weight excluding hydrogens is 392 g/mol. The van der Waals surface area contributed by atoms with Gasteiger partial charge in [-0.05, 0) is 51.1 Å². The Balaban J connectivity index is 2.31. The van der Waals surface area contributed by atoms with E-state index in [4.69, 9.17) is 11.6 Å². The number of rotatable bonds is 5. The summed E-state index contributed by atoms with van der Waals surface area (Å²) < 4.78 is 54.5. The van der Waals surface area contributed by atoms with Crippen molar-refractivity contribution in [3.8, 4) is 0 Å². The third-order valence-corrected chi connectivity index (χ3v) is 7.51. The molecule has 132 valence electrons. The van der Waals surface area contributed by atoms with Crippen molar-refractivity contribution in [3.63, 3.8) is 0 Å². The van der Waals surface area contributed by atoms with Crippen LogP contribution in [0.15, 0.2) is 45.5 Å². The zero-order valence-corrected chi connectivity index (χ0v) is 16.4. The molecule has 0 unspecified atom stereocenters. The van der Waals surface area contributed by atoms with E-state index in [1.807, 2.05) is 0 Å². The Kier molecular flexibility index (Phi) is 5.31. The lowest BCUT2D eigenvalue weighted by molar-refractivity contribution is 0.491. The minimum absolute atomic E-state index is 0.0261. The predicted molar refractivity (Wildman–Crippen MR) is 96.7 cm³/mol. The molecule has 0 aliphatic heterocycles. The first-order valence-corrected chi connectivity index (χ1v) is 11.0. The Morgan fingerprint density at radius 1 is 1.00 bits per heavy atom. The first-order chi connectivity index (χ1) is 10.9. The molecule has 0 saturated carbocycles. The number of benzene rings is 1. The van der Waals surface area contributed by atoms with Crippen LogP contribution in [0, 0.1) is 0 Å². The minimum Gasteiger partial charge on any atom is -0.279 e. The number of nitrogens with one attached hydrogen (secondary N) is 2. The van der Waals surface area contributed by atoms with E-state index >= 15 is 0 Å². The second kappa shape index (κ2) is 6.64. The Morgan fingerprint density at radius 3 is 2.21 bits per heavy atom. The zero-order valence-electron chi connectivity index (χ0n) is 13.2. The maximum atomic E-state index is 12.3. The fourth-order valence-corrected chi connectivity index (χ4v) is 5.83. The lowest BCUT2D eigenvalue weighted by atomic mass is 10.1. The van der Waals surface area contributed by atoms with Crippen LogP contribution in [-0.2, 0) is 20.0 Å². The normalized spacial score (nSPS) is 13.0. The molecule has 2 rings (SSSR count). The van der Waals surface area contributed by atoms with Crippen LogP contribution in [0.2, 0.25) is 4.34 Å². The van der Waals surface area contributed by atoms with Crippen molar-refractivity contribution < 1.29 is 16.8 Å². The third-order valence-electron chi connectivity index (χ3n) is 2.65. The van der Waals surface area contributed by atoms with Gasteiger partial charge in [-0.15, -0.1) is 11.3 Å². The van der Waals surface area contributed by atoms with Crippen LogP contribution in [-0.4, -0.2) is 22.4 Å². The quantitative estimate of drug-likeness (QED) is 0.793. The van der Waals surface area contributed by atoms with Crippen molar-refractivity contribution in [1.82, 2.24) is 4.72 Å². The van der Waals surface area contributed by atoms with Gasteiger partial charge in [0.15, 0.2) is 0 Å². The van der Waals surface area contributed by atoms with E-state index in [9.17, 15) is 16.8 Å². The molecule has 0 aliphatic rings. The van der Waals surface area contributed by atoms with Crippen LogP contribution in [0.4, 0.5) is 5.69 Å². The third kappa shape index (κ3) is 4.93. The smallest absolute Gasteiger partial charge is 0.271 e. The van der Waals surface area contributed by atoms with Gasteiger partial charge in [0.05, 0.1) is 14.9 Å². The highest BCUT2D eigenvalue weighted by Crippen LogP contribution is 2.27.